The third kappa shape index (κ3) is 7.02. The summed E-state index contributed by atoms with van der Waals surface area (Å²) in [6.45, 7) is 0.0749. The minimum atomic E-state index is -0.871. The molecule has 2 N–H and O–H groups in total. The van der Waals surface area contributed by atoms with Crippen LogP contribution in [0.1, 0.15) is 5.56 Å². The molecule has 2 amide bonds. The van der Waals surface area contributed by atoms with Crippen molar-refractivity contribution in [3.8, 4) is 5.75 Å². The Labute approximate surface area is 156 Å². The van der Waals surface area contributed by atoms with Gasteiger partial charge in [-0.2, -0.15) is 0 Å². The second-order valence-electron chi connectivity index (χ2n) is 6.13. The predicted molar refractivity (Wildman–Crippen MR) is 97.3 cm³/mol. The smallest absolute Gasteiger partial charge is 0.258 e. The molecule has 0 fully saturated rings. The fourth-order valence-corrected chi connectivity index (χ4v) is 2.23. The molecule has 0 aromatic heterocycles. The molecule has 0 heterocycles. The number of halogens is 2. The number of hydrogen-bond acceptors (Lipinski definition) is 4. The van der Waals surface area contributed by atoms with Crippen LogP contribution < -0.4 is 15.4 Å². The number of likely N-dealkylation sites (N-methyl/N-ethyl adjacent to an activating group) is 1. The molecule has 0 aliphatic rings. The molecular weight excluding hydrogens is 356 g/mol. The van der Waals surface area contributed by atoms with Gasteiger partial charge in [-0.3, -0.25) is 9.59 Å². The highest BCUT2D eigenvalue weighted by molar-refractivity contribution is 5.92. The number of anilines is 1. The summed E-state index contributed by atoms with van der Waals surface area (Å²) >= 11 is 0. The zero-order valence-electron chi connectivity index (χ0n) is 15.1. The first-order chi connectivity index (χ1) is 12.8. The van der Waals surface area contributed by atoms with E-state index in [1.54, 1.807) is 43.3 Å². The number of benzene rings is 2. The Bertz CT molecular complexity index is 813. The van der Waals surface area contributed by atoms with Gasteiger partial charge in [0.25, 0.3) is 5.91 Å². The van der Waals surface area contributed by atoms with Gasteiger partial charge < -0.3 is 20.3 Å². The molecule has 2 aromatic rings. The predicted octanol–water partition coefficient (Wildman–Crippen LogP) is 2.16. The van der Waals surface area contributed by atoms with Crippen molar-refractivity contribution in [1.82, 2.24) is 10.2 Å². The largest absolute Gasteiger partial charge is 0.481 e. The van der Waals surface area contributed by atoms with Crippen LogP contribution >= 0.6 is 0 Å². The lowest BCUT2D eigenvalue weighted by atomic mass is 10.2. The molecule has 2 aromatic carbocycles. The molecule has 0 unspecified atom stereocenters. The van der Waals surface area contributed by atoms with Crippen LogP contribution in [-0.2, 0) is 16.1 Å². The number of rotatable bonds is 8. The van der Waals surface area contributed by atoms with Gasteiger partial charge in [0.1, 0.15) is 5.82 Å². The lowest BCUT2D eigenvalue weighted by molar-refractivity contribution is -0.123. The highest BCUT2D eigenvalue weighted by Gasteiger charge is 2.09. The Kier molecular flexibility index (Phi) is 7.25. The van der Waals surface area contributed by atoms with Crippen molar-refractivity contribution in [2.45, 2.75) is 6.54 Å². The minimum absolute atomic E-state index is 0.143. The van der Waals surface area contributed by atoms with Gasteiger partial charge in [-0.15, -0.1) is 0 Å². The molecule has 0 spiro atoms. The highest BCUT2D eigenvalue weighted by atomic mass is 19.1. The van der Waals surface area contributed by atoms with E-state index >= 15 is 0 Å². The fourth-order valence-electron chi connectivity index (χ4n) is 2.23. The molecular formula is C19H21F2N3O3. The average molecular weight is 377 g/mol. The van der Waals surface area contributed by atoms with Crippen molar-refractivity contribution in [3.05, 3.63) is 59.7 Å². The van der Waals surface area contributed by atoms with E-state index in [-0.39, 0.29) is 24.7 Å². The summed E-state index contributed by atoms with van der Waals surface area (Å²) in [6.07, 6.45) is 0. The summed E-state index contributed by atoms with van der Waals surface area (Å²) in [7, 11) is 3.59. The second kappa shape index (κ2) is 9.63. The second-order valence-corrected chi connectivity index (χ2v) is 6.13. The summed E-state index contributed by atoms with van der Waals surface area (Å²) in [5, 5.41) is 5.40. The van der Waals surface area contributed by atoms with Crippen LogP contribution in [0, 0.1) is 11.6 Å². The fraction of sp³-hybridized carbons (Fsp3) is 0.263. The van der Waals surface area contributed by atoms with Crippen LogP contribution in [0.2, 0.25) is 0 Å². The van der Waals surface area contributed by atoms with E-state index < -0.39 is 24.1 Å². The first-order valence-corrected chi connectivity index (χ1v) is 8.21. The van der Waals surface area contributed by atoms with Gasteiger partial charge in [-0.25, -0.2) is 8.78 Å². The highest BCUT2D eigenvalue weighted by Crippen LogP contribution is 2.17. The van der Waals surface area contributed by atoms with Crippen LogP contribution in [0.25, 0.3) is 0 Å². The van der Waals surface area contributed by atoms with E-state index in [0.29, 0.717) is 11.8 Å². The van der Waals surface area contributed by atoms with E-state index in [4.69, 9.17) is 4.74 Å². The molecule has 27 heavy (non-hydrogen) atoms. The molecule has 0 saturated carbocycles. The van der Waals surface area contributed by atoms with Gasteiger partial charge in [0, 0.05) is 18.3 Å². The number of ether oxygens (including phenoxy) is 1. The van der Waals surface area contributed by atoms with Gasteiger partial charge in [-0.1, -0.05) is 12.1 Å². The number of hydrogen-bond donors (Lipinski definition) is 2. The van der Waals surface area contributed by atoms with Crippen LogP contribution in [-0.4, -0.2) is 44.0 Å². The minimum Gasteiger partial charge on any atom is -0.481 e. The van der Waals surface area contributed by atoms with Crippen LogP contribution in [0.15, 0.2) is 42.5 Å². The maximum absolute atomic E-state index is 13.4. The Hall–Kier alpha value is -3.00. The van der Waals surface area contributed by atoms with Crippen LogP contribution in [0.4, 0.5) is 14.5 Å². The van der Waals surface area contributed by atoms with Crippen molar-refractivity contribution in [1.29, 1.82) is 0 Å². The molecule has 6 nitrogen and oxygen atoms in total. The lowest BCUT2D eigenvalue weighted by Gasteiger charge is -2.11. The zero-order chi connectivity index (χ0) is 19.8. The Morgan fingerprint density at radius 1 is 1.07 bits per heavy atom. The van der Waals surface area contributed by atoms with Crippen LogP contribution in [0.3, 0.4) is 0 Å². The number of nitrogens with one attached hydrogen (secondary N) is 2. The molecule has 0 radical (unpaired) electrons. The van der Waals surface area contributed by atoms with Crippen molar-refractivity contribution >= 4 is 17.5 Å². The molecule has 0 aliphatic heterocycles. The SMILES string of the molecule is CN(C)CC(=O)Nc1cccc(CNC(=O)COc2ccc(F)cc2F)c1. The van der Waals surface area contributed by atoms with Crippen molar-refractivity contribution in [3.63, 3.8) is 0 Å². The van der Waals surface area contributed by atoms with E-state index in [9.17, 15) is 18.4 Å². The normalized spacial score (nSPS) is 10.6. The summed E-state index contributed by atoms with van der Waals surface area (Å²) in [5.74, 6) is -2.39. The van der Waals surface area contributed by atoms with E-state index in [1.165, 1.54) is 0 Å². The summed E-state index contributed by atoms with van der Waals surface area (Å²) in [6, 6.07) is 9.90. The summed E-state index contributed by atoms with van der Waals surface area (Å²) in [5.41, 5.74) is 1.40. The topological polar surface area (TPSA) is 70.7 Å². The molecule has 0 atom stereocenters. The molecule has 8 heteroatoms. The lowest BCUT2D eigenvalue weighted by Crippen LogP contribution is -2.29. The van der Waals surface area contributed by atoms with Crippen molar-refractivity contribution < 1.29 is 23.1 Å². The van der Waals surface area contributed by atoms with Crippen LogP contribution in [0.5, 0.6) is 5.75 Å². The van der Waals surface area contributed by atoms with Crippen molar-refractivity contribution in [2.75, 3.05) is 32.6 Å². The van der Waals surface area contributed by atoms with E-state index in [1.807, 2.05) is 0 Å². The average Bonchev–Trinajstić information content (AvgIpc) is 2.58. The third-order valence-corrected chi connectivity index (χ3v) is 3.41. The molecule has 0 bridgehead atoms. The number of amides is 2. The van der Waals surface area contributed by atoms with Crippen molar-refractivity contribution in [2.24, 2.45) is 0 Å². The van der Waals surface area contributed by atoms with Gasteiger partial charge in [0.2, 0.25) is 5.91 Å². The number of carbonyl (C=O) groups excluding carboxylic acids is 2. The Balaban J connectivity index is 1.82. The quantitative estimate of drug-likeness (QED) is 0.740. The zero-order valence-corrected chi connectivity index (χ0v) is 15.1. The monoisotopic (exact) mass is 377 g/mol. The van der Waals surface area contributed by atoms with Gasteiger partial charge >= 0.3 is 0 Å². The Morgan fingerprint density at radius 2 is 1.85 bits per heavy atom. The van der Waals surface area contributed by atoms with E-state index in [0.717, 1.165) is 17.7 Å². The van der Waals surface area contributed by atoms with Gasteiger partial charge in [0.05, 0.1) is 6.54 Å². The maximum Gasteiger partial charge on any atom is 0.258 e. The summed E-state index contributed by atoms with van der Waals surface area (Å²) in [4.78, 5) is 25.4. The maximum atomic E-state index is 13.4. The standard InChI is InChI=1S/C19H21F2N3O3/c1-24(2)11-18(25)23-15-5-3-4-13(8-15)10-22-19(26)12-27-17-7-6-14(20)9-16(17)21/h3-9H,10-12H2,1-2H3,(H,22,26)(H,23,25). The molecule has 2 rings (SSSR count). The molecule has 0 saturated heterocycles. The van der Waals surface area contributed by atoms with Gasteiger partial charge in [-0.05, 0) is 43.9 Å². The first-order valence-electron chi connectivity index (χ1n) is 8.21. The molecule has 0 aliphatic carbocycles. The van der Waals surface area contributed by atoms with E-state index in [2.05, 4.69) is 10.6 Å². The number of nitrogens with zero attached hydrogens (tertiary/aromatic N) is 1. The van der Waals surface area contributed by atoms with Gasteiger partial charge in [0.15, 0.2) is 18.2 Å². The first kappa shape index (κ1) is 20.3. The Morgan fingerprint density at radius 3 is 2.56 bits per heavy atom. The third-order valence-electron chi connectivity index (χ3n) is 3.41. The molecule has 144 valence electrons. The summed E-state index contributed by atoms with van der Waals surface area (Å²) < 4.78 is 31.3. The number of carbonyl (C=O) groups is 2.